The van der Waals surface area contributed by atoms with Crippen molar-refractivity contribution in [1.29, 1.82) is 0 Å². The van der Waals surface area contributed by atoms with Crippen molar-refractivity contribution in [3.8, 4) is 11.5 Å². The minimum atomic E-state index is -4.23. The smallest absolute Gasteiger partial charge is 0.297 e. The molecule has 0 amide bonds. The summed E-state index contributed by atoms with van der Waals surface area (Å²) in [6.45, 7) is 7.17. The van der Waals surface area contributed by atoms with Gasteiger partial charge in [0.1, 0.15) is 36.9 Å². The van der Waals surface area contributed by atoms with Crippen LogP contribution in [0.4, 0.5) is 0 Å². The maximum atomic E-state index is 13.1. The molecule has 0 spiro atoms. The molecule has 302 valence electrons. The molecule has 0 bridgehead atoms. The number of benzene rings is 3. The zero-order valence-corrected chi connectivity index (χ0v) is 33.4. The third kappa shape index (κ3) is 15.6. The first-order chi connectivity index (χ1) is 25.6. The Bertz CT molecular complexity index is 1590. The van der Waals surface area contributed by atoms with Crippen LogP contribution < -0.4 is 9.47 Å². The maximum absolute atomic E-state index is 13.1. The zero-order valence-electron chi connectivity index (χ0n) is 31.7. The fourth-order valence-electron chi connectivity index (χ4n) is 5.60. The van der Waals surface area contributed by atoms with Gasteiger partial charge >= 0.3 is 0 Å². The standard InChI is InChI=1S/C40H58O12S2/c1-5-7-9-11-37(41)39(43)25-33(51-53(45,46)35-21-13-29(3)14-22-35)27-49-31-17-19-32(20-18-31)50-28-34(26-40(44)38(42)12-10-8-6-2)52-54(47,48)36-23-15-30(4)16-24-36/h13-24,33-34,37-44H,5-12,25-28H2,1-4H3/t33-,34-,37-,38-,39-,40-/m0/s1. The van der Waals surface area contributed by atoms with Gasteiger partial charge in [0, 0.05) is 12.8 Å². The average Bonchev–Trinajstić information content (AvgIpc) is 3.13. The molecule has 12 nitrogen and oxygen atoms in total. The summed E-state index contributed by atoms with van der Waals surface area (Å²) < 4.78 is 75.3. The van der Waals surface area contributed by atoms with Gasteiger partial charge in [-0.25, -0.2) is 0 Å². The number of hydrogen-bond acceptors (Lipinski definition) is 12. The lowest BCUT2D eigenvalue weighted by Crippen LogP contribution is -2.35. The van der Waals surface area contributed by atoms with Crippen molar-refractivity contribution in [3.05, 3.63) is 83.9 Å². The van der Waals surface area contributed by atoms with Crippen LogP contribution in [0, 0.1) is 13.8 Å². The van der Waals surface area contributed by atoms with Crippen LogP contribution in [0.2, 0.25) is 0 Å². The average molecular weight is 795 g/mol. The molecule has 0 unspecified atom stereocenters. The van der Waals surface area contributed by atoms with Crippen molar-refractivity contribution in [2.75, 3.05) is 13.2 Å². The van der Waals surface area contributed by atoms with Crippen molar-refractivity contribution >= 4 is 20.2 Å². The number of ether oxygens (including phenoxy) is 2. The molecule has 6 atom stereocenters. The van der Waals surface area contributed by atoms with Gasteiger partial charge in [-0.05, 0) is 75.2 Å². The molecule has 14 heteroatoms. The van der Waals surface area contributed by atoms with Gasteiger partial charge < -0.3 is 29.9 Å². The Morgan fingerprint density at radius 1 is 0.500 bits per heavy atom. The monoisotopic (exact) mass is 794 g/mol. The van der Waals surface area contributed by atoms with E-state index in [0.717, 1.165) is 36.8 Å². The Hall–Kier alpha value is -3.08. The highest BCUT2D eigenvalue weighted by Gasteiger charge is 2.29. The molecular weight excluding hydrogens is 737 g/mol. The molecule has 0 radical (unpaired) electrons. The second-order valence-electron chi connectivity index (χ2n) is 13.8. The number of aliphatic hydroxyl groups excluding tert-OH is 4. The first-order valence-electron chi connectivity index (χ1n) is 18.7. The number of rotatable bonds is 26. The number of aryl methyl sites for hydroxylation is 2. The molecule has 0 aliphatic heterocycles. The molecule has 0 saturated heterocycles. The van der Waals surface area contributed by atoms with E-state index in [2.05, 4.69) is 0 Å². The van der Waals surface area contributed by atoms with Crippen molar-refractivity contribution in [2.45, 2.75) is 138 Å². The predicted molar refractivity (Wildman–Crippen MR) is 205 cm³/mol. The van der Waals surface area contributed by atoms with Gasteiger partial charge in [-0.3, -0.25) is 8.37 Å². The van der Waals surface area contributed by atoms with E-state index in [1.807, 2.05) is 27.7 Å². The molecule has 0 fully saturated rings. The van der Waals surface area contributed by atoms with Crippen LogP contribution in [-0.4, -0.2) is 87.1 Å². The van der Waals surface area contributed by atoms with E-state index in [9.17, 15) is 37.3 Å². The van der Waals surface area contributed by atoms with Gasteiger partial charge in [-0.15, -0.1) is 0 Å². The summed E-state index contributed by atoms with van der Waals surface area (Å²) in [7, 11) is -8.46. The van der Waals surface area contributed by atoms with Gasteiger partial charge in [0.2, 0.25) is 0 Å². The highest BCUT2D eigenvalue weighted by atomic mass is 32.2. The van der Waals surface area contributed by atoms with Crippen LogP contribution in [0.3, 0.4) is 0 Å². The third-order valence-corrected chi connectivity index (χ3v) is 11.7. The van der Waals surface area contributed by atoms with Crippen LogP contribution in [0.25, 0.3) is 0 Å². The van der Waals surface area contributed by atoms with Crippen LogP contribution >= 0.6 is 0 Å². The Labute approximate surface area is 321 Å². The van der Waals surface area contributed by atoms with Crippen LogP contribution in [0.15, 0.2) is 82.6 Å². The number of aliphatic hydroxyl groups is 4. The summed E-state index contributed by atoms with van der Waals surface area (Å²) in [4.78, 5) is -0.102. The van der Waals surface area contributed by atoms with Gasteiger partial charge in [-0.2, -0.15) is 16.8 Å². The minimum absolute atomic E-state index is 0.0509. The Kier molecular flexibility index (Phi) is 18.9. The zero-order chi connectivity index (χ0) is 39.7. The predicted octanol–water partition coefficient (Wildman–Crippen LogP) is 5.99. The summed E-state index contributed by atoms with van der Waals surface area (Å²) in [6.07, 6.45) is -1.51. The first kappa shape index (κ1) is 45.3. The summed E-state index contributed by atoms with van der Waals surface area (Å²) in [5, 5.41) is 42.5. The number of hydrogen-bond donors (Lipinski definition) is 4. The molecule has 0 saturated carbocycles. The normalized spacial score (nSPS) is 15.6. The molecule has 3 rings (SSSR count). The summed E-state index contributed by atoms with van der Waals surface area (Å²) in [5.41, 5.74) is 1.74. The Morgan fingerprint density at radius 2 is 0.833 bits per heavy atom. The first-order valence-corrected chi connectivity index (χ1v) is 21.5. The van der Waals surface area contributed by atoms with E-state index >= 15 is 0 Å². The quantitative estimate of drug-likeness (QED) is 0.0550. The van der Waals surface area contributed by atoms with Crippen LogP contribution in [-0.2, 0) is 28.6 Å². The van der Waals surface area contributed by atoms with Gasteiger partial charge in [0.15, 0.2) is 0 Å². The van der Waals surface area contributed by atoms with E-state index in [4.69, 9.17) is 17.8 Å². The van der Waals surface area contributed by atoms with E-state index in [1.165, 1.54) is 24.3 Å². The fourth-order valence-corrected chi connectivity index (χ4v) is 7.75. The molecule has 54 heavy (non-hydrogen) atoms. The van der Waals surface area contributed by atoms with E-state index in [0.29, 0.717) is 37.2 Å². The third-order valence-electron chi connectivity index (χ3n) is 8.94. The second-order valence-corrected chi connectivity index (χ2v) is 16.9. The lowest BCUT2D eigenvalue weighted by molar-refractivity contribution is -0.0182. The van der Waals surface area contributed by atoms with E-state index in [1.54, 1.807) is 48.5 Å². The van der Waals surface area contributed by atoms with Gasteiger partial charge in [0.05, 0.1) is 34.2 Å². The second kappa shape index (κ2) is 22.5. The summed E-state index contributed by atoms with van der Waals surface area (Å²) in [5.74, 6) is 0.643. The molecule has 3 aromatic rings. The van der Waals surface area contributed by atoms with Crippen LogP contribution in [0.1, 0.15) is 89.2 Å². The molecule has 0 aromatic heterocycles. The molecule has 0 heterocycles. The molecule has 0 aliphatic carbocycles. The maximum Gasteiger partial charge on any atom is 0.297 e. The fraction of sp³-hybridized carbons (Fsp3) is 0.550. The van der Waals surface area contributed by atoms with Crippen molar-refractivity contribution in [3.63, 3.8) is 0 Å². The minimum Gasteiger partial charge on any atom is -0.491 e. The van der Waals surface area contributed by atoms with Crippen LogP contribution in [0.5, 0.6) is 11.5 Å². The van der Waals surface area contributed by atoms with Crippen molar-refractivity contribution < 1.29 is 55.1 Å². The topological polar surface area (TPSA) is 186 Å². The molecule has 3 aromatic carbocycles. The largest absolute Gasteiger partial charge is 0.491 e. The van der Waals surface area contributed by atoms with Crippen molar-refractivity contribution in [2.24, 2.45) is 0 Å². The lowest BCUT2D eigenvalue weighted by atomic mass is 10.0. The number of unbranched alkanes of at least 4 members (excludes halogenated alkanes) is 4. The van der Waals surface area contributed by atoms with Gasteiger partial charge in [-0.1, -0.05) is 87.8 Å². The Balaban J connectivity index is 1.70. The van der Waals surface area contributed by atoms with Gasteiger partial charge in [0.25, 0.3) is 20.2 Å². The van der Waals surface area contributed by atoms with E-state index in [-0.39, 0.29) is 35.8 Å². The van der Waals surface area contributed by atoms with E-state index < -0.39 is 56.9 Å². The molecule has 0 aliphatic rings. The summed E-state index contributed by atoms with van der Waals surface area (Å²) >= 11 is 0. The SMILES string of the molecule is CCCCC[C@H](O)[C@@H](O)C[C@@H](COc1ccc(OC[C@H](C[C@H](O)[C@@H](O)CCCCC)OS(=O)(=O)c2ccc(C)cc2)cc1)OS(=O)(=O)c1ccc(C)cc1. The lowest BCUT2D eigenvalue weighted by Gasteiger charge is -2.24. The van der Waals surface area contributed by atoms with Crippen molar-refractivity contribution in [1.82, 2.24) is 0 Å². The summed E-state index contributed by atoms with van der Waals surface area (Å²) in [6, 6.07) is 18.5. The Morgan fingerprint density at radius 3 is 1.15 bits per heavy atom. The molecule has 4 N–H and O–H groups in total. The molecular formula is C40H58O12S2. The highest BCUT2D eigenvalue weighted by molar-refractivity contribution is 7.87. The highest BCUT2D eigenvalue weighted by Crippen LogP contribution is 2.24.